The van der Waals surface area contributed by atoms with Gasteiger partial charge in [-0.2, -0.15) is 0 Å². The molecule has 0 unspecified atom stereocenters. The number of nitrogens with one attached hydrogen (secondary N) is 1. The molecular weight excluding hydrogens is 312 g/mol. The van der Waals surface area contributed by atoms with Crippen LogP contribution in [0.5, 0.6) is 0 Å². The number of hydrogen-bond acceptors (Lipinski definition) is 5. The molecule has 1 aromatic heterocycles. The lowest BCUT2D eigenvalue weighted by Gasteiger charge is -2.09. The number of hydrogen-bond donors (Lipinski definition) is 1. The number of aromatic nitrogens is 3. The van der Waals surface area contributed by atoms with Crippen molar-refractivity contribution >= 4 is 23.4 Å². The standard InChI is InChI=1S/C16H22N4O2S/c1-12-5-6-14(13(2)9-12)18-15(21)10-23-16-19-17-11-20(16)7-4-8-22-3/h5-6,9,11H,4,7-8,10H2,1-3H3,(H,18,21). The van der Waals surface area contributed by atoms with Gasteiger partial charge in [-0.25, -0.2) is 0 Å². The van der Waals surface area contributed by atoms with Gasteiger partial charge in [-0.1, -0.05) is 29.5 Å². The van der Waals surface area contributed by atoms with E-state index >= 15 is 0 Å². The fourth-order valence-electron chi connectivity index (χ4n) is 2.16. The topological polar surface area (TPSA) is 69.0 Å². The molecule has 1 aromatic carbocycles. The Bertz CT molecular complexity index is 657. The molecule has 23 heavy (non-hydrogen) atoms. The van der Waals surface area contributed by atoms with E-state index in [1.807, 2.05) is 30.5 Å². The van der Waals surface area contributed by atoms with Crippen LogP contribution in [0.2, 0.25) is 0 Å². The summed E-state index contributed by atoms with van der Waals surface area (Å²) in [6.45, 7) is 5.49. The van der Waals surface area contributed by atoms with Crippen molar-refractivity contribution in [1.82, 2.24) is 14.8 Å². The van der Waals surface area contributed by atoms with Crippen LogP contribution in [0.3, 0.4) is 0 Å². The van der Waals surface area contributed by atoms with Crippen LogP contribution in [0.1, 0.15) is 17.5 Å². The van der Waals surface area contributed by atoms with Gasteiger partial charge in [-0.05, 0) is 31.9 Å². The summed E-state index contributed by atoms with van der Waals surface area (Å²) in [5.74, 6) is 0.254. The first-order valence-electron chi connectivity index (χ1n) is 7.47. The second-order valence-electron chi connectivity index (χ2n) is 5.31. The number of ether oxygens (including phenoxy) is 1. The van der Waals surface area contributed by atoms with E-state index in [4.69, 9.17) is 4.74 Å². The van der Waals surface area contributed by atoms with Gasteiger partial charge in [0.15, 0.2) is 5.16 Å². The third-order valence-electron chi connectivity index (χ3n) is 3.32. The predicted molar refractivity (Wildman–Crippen MR) is 91.8 cm³/mol. The summed E-state index contributed by atoms with van der Waals surface area (Å²) in [6.07, 6.45) is 2.57. The van der Waals surface area contributed by atoms with Gasteiger partial charge in [0, 0.05) is 25.9 Å². The van der Waals surface area contributed by atoms with Gasteiger partial charge >= 0.3 is 0 Å². The van der Waals surface area contributed by atoms with Crippen molar-refractivity contribution in [3.05, 3.63) is 35.7 Å². The molecule has 1 N–H and O–H groups in total. The van der Waals surface area contributed by atoms with E-state index in [9.17, 15) is 4.79 Å². The molecule has 0 radical (unpaired) electrons. The normalized spacial score (nSPS) is 10.7. The van der Waals surface area contributed by atoms with Crippen LogP contribution in [0.25, 0.3) is 0 Å². The van der Waals surface area contributed by atoms with E-state index in [1.54, 1.807) is 13.4 Å². The highest BCUT2D eigenvalue weighted by Crippen LogP contribution is 2.18. The second kappa shape index (κ2) is 8.69. The average Bonchev–Trinajstić information content (AvgIpc) is 2.96. The van der Waals surface area contributed by atoms with Crippen LogP contribution in [-0.2, 0) is 16.1 Å². The largest absolute Gasteiger partial charge is 0.385 e. The Morgan fingerprint density at radius 3 is 2.96 bits per heavy atom. The monoisotopic (exact) mass is 334 g/mol. The van der Waals surface area contributed by atoms with Gasteiger partial charge in [0.1, 0.15) is 6.33 Å². The summed E-state index contributed by atoms with van der Waals surface area (Å²) >= 11 is 1.38. The number of amides is 1. The smallest absolute Gasteiger partial charge is 0.234 e. The Morgan fingerprint density at radius 2 is 2.22 bits per heavy atom. The fourth-order valence-corrected chi connectivity index (χ4v) is 2.90. The highest BCUT2D eigenvalue weighted by Gasteiger charge is 2.10. The van der Waals surface area contributed by atoms with E-state index in [1.165, 1.54) is 17.3 Å². The number of nitrogens with zero attached hydrogens (tertiary/aromatic N) is 3. The minimum Gasteiger partial charge on any atom is -0.385 e. The molecule has 0 aliphatic carbocycles. The summed E-state index contributed by atoms with van der Waals surface area (Å²) < 4.78 is 6.98. The van der Waals surface area contributed by atoms with Crippen LogP contribution in [-0.4, -0.2) is 40.1 Å². The predicted octanol–water partition coefficient (Wildman–Crippen LogP) is 2.66. The number of benzene rings is 1. The fraction of sp³-hybridized carbons (Fsp3) is 0.438. The van der Waals surface area contributed by atoms with Gasteiger partial charge in [0.05, 0.1) is 5.75 Å². The summed E-state index contributed by atoms with van der Waals surface area (Å²) in [6, 6.07) is 5.97. The van der Waals surface area contributed by atoms with Crippen molar-refractivity contribution in [1.29, 1.82) is 0 Å². The molecule has 0 aliphatic heterocycles. The summed E-state index contributed by atoms with van der Waals surface area (Å²) in [7, 11) is 1.68. The minimum atomic E-state index is -0.0478. The molecule has 2 aromatic rings. The Labute approximate surface area is 140 Å². The van der Waals surface area contributed by atoms with Crippen molar-refractivity contribution in [3.8, 4) is 0 Å². The molecule has 0 saturated carbocycles. The van der Waals surface area contributed by atoms with Crippen molar-refractivity contribution in [3.63, 3.8) is 0 Å². The highest BCUT2D eigenvalue weighted by atomic mass is 32.2. The average molecular weight is 334 g/mol. The maximum Gasteiger partial charge on any atom is 0.234 e. The van der Waals surface area contributed by atoms with Gasteiger partial charge < -0.3 is 14.6 Å². The molecule has 0 fully saturated rings. The third kappa shape index (κ3) is 5.37. The molecule has 2 rings (SSSR count). The van der Waals surface area contributed by atoms with Crippen LogP contribution in [0, 0.1) is 13.8 Å². The van der Waals surface area contributed by atoms with Crippen molar-refractivity contribution in [2.24, 2.45) is 0 Å². The lowest BCUT2D eigenvalue weighted by Crippen LogP contribution is -2.15. The van der Waals surface area contributed by atoms with Crippen LogP contribution in [0.4, 0.5) is 5.69 Å². The van der Waals surface area contributed by atoms with Crippen LogP contribution < -0.4 is 5.32 Å². The number of methoxy groups -OCH3 is 1. The first-order valence-corrected chi connectivity index (χ1v) is 8.45. The summed E-state index contributed by atoms with van der Waals surface area (Å²) in [4.78, 5) is 12.1. The lowest BCUT2D eigenvalue weighted by atomic mass is 10.1. The number of anilines is 1. The third-order valence-corrected chi connectivity index (χ3v) is 4.30. The number of aryl methyl sites for hydroxylation is 3. The minimum absolute atomic E-state index is 0.0478. The Kier molecular flexibility index (Phi) is 6.61. The zero-order valence-electron chi connectivity index (χ0n) is 13.7. The van der Waals surface area contributed by atoms with E-state index in [0.29, 0.717) is 12.4 Å². The molecule has 124 valence electrons. The van der Waals surface area contributed by atoms with E-state index in [-0.39, 0.29) is 5.91 Å². The number of carbonyl (C=O) groups is 1. The zero-order chi connectivity index (χ0) is 16.7. The number of carbonyl (C=O) groups excluding carboxylic acids is 1. The van der Waals surface area contributed by atoms with Gasteiger partial charge in [-0.15, -0.1) is 10.2 Å². The summed E-state index contributed by atoms with van der Waals surface area (Å²) in [5, 5.41) is 11.6. The Hall–Kier alpha value is -1.86. The molecule has 0 atom stereocenters. The first-order chi connectivity index (χ1) is 11.1. The van der Waals surface area contributed by atoms with Gasteiger partial charge in [-0.3, -0.25) is 4.79 Å². The SMILES string of the molecule is COCCCn1cnnc1SCC(=O)Nc1ccc(C)cc1C. The molecular formula is C16H22N4O2S. The van der Waals surface area contributed by atoms with Crippen LogP contribution in [0.15, 0.2) is 29.7 Å². The molecule has 6 nitrogen and oxygen atoms in total. The molecule has 0 saturated heterocycles. The van der Waals surface area contributed by atoms with Gasteiger partial charge in [0.25, 0.3) is 0 Å². The molecule has 0 spiro atoms. The van der Waals surface area contributed by atoms with Crippen molar-refractivity contribution in [2.75, 3.05) is 24.8 Å². The highest BCUT2D eigenvalue weighted by molar-refractivity contribution is 7.99. The maximum atomic E-state index is 12.1. The van der Waals surface area contributed by atoms with Crippen molar-refractivity contribution < 1.29 is 9.53 Å². The lowest BCUT2D eigenvalue weighted by molar-refractivity contribution is -0.113. The number of thioether (sulfide) groups is 1. The zero-order valence-corrected chi connectivity index (χ0v) is 14.5. The summed E-state index contributed by atoms with van der Waals surface area (Å²) in [5.41, 5.74) is 3.09. The molecule has 0 bridgehead atoms. The molecule has 1 heterocycles. The molecule has 1 amide bonds. The first kappa shape index (κ1) is 17.5. The molecule has 0 aliphatic rings. The van der Waals surface area contributed by atoms with Gasteiger partial charge in [0.2, 0.25) is 5.91 Å². The Morgan fingerprint density at radius 1 is 1.39 bits per heavy atom. The second-order valence-corrected chi connectivity index (χ2v) is 6.25. The van der Waals surface area contributed by atoms with Crippen LogP contribution >= 0.6 is 11.8 Å². The molecule has 7 heteroatoms. The maximum absolute atomic E-state index is 12.1. The van der Waals surface area contributed by atoms with E-state index in [0.717, 1.165) is 29.4 Å². The Balaban J connectivity index is 1.86. The quantitative estimate of drug-likeness (QED) is 0.594. The van der Waals surface area contributed by atoms with E-state index in [2.05, 4.69) is 21.6 Å². The number of rotatable bonds is 8. The van der Waals surface area contributed by atoms with Crippen molar-refractivity contribution in [2.45, 2.75) is 32.0 Å². The van der Waals surface area contributed by atoms with E-state index < -0.39 is 0 Å².